The molecule has 78 valence electrons. The Kier molecular flexibility index (Phi) is 5.31. The maximum absolute atomic E-state index is 5.16. The van der Waals surface area contributed by atoms with E-state index in [1.54, 1.807) is 14.2 Å². The minimum atomic E-state index is -0.0851. The van der Waals surface area contributed by atoms with Gasteiger partial charge in [-0.15, -0.1) is 0 Å². The van der Waals surface area contributed by atoms with Crippen molar-refractivity contribution in [2.45, 2.75) is 12.7 Å². The summed E-state index contributed by atoms with van der Waals surface area (Å²) < 4.78 is 10.3. The summed E-state index contributed by atoms with van der Waals surface area (Å²) in [4.78, 5) is 2.37. The van der Waals surface area contributed by atoms with Crippen LogP contribution in [-0.2, 0) is 9.47 Å². The SMILES string of the molecule is COC(CN1CCCNCC1)OC. The molecule has 1 saturated heterocycles. The Morgan fingerprint density at radius 2 is 2.00 bits per heavy atom. The van der Waals surface area contributed by atoms with Gasteiger partial charge >= 0.3 is 0 Å². The van der Waals surface area contributed by atoms with E-state index in [1.165, 1.54) is 6.42 Å². The van der Waals surface area contributed by atoms with E-state index in [0.717, 1.165) is 32.7 Å². The molecule has 1 heterocycles. The fourth-order valence-corrected chi connectivity index (χ4v) is 1.54. The standard InChI is InChI=1S/C9H20N2O2/c1-12-9(13-2)8-11-6-3-4-10-5-7-11/h9-10H,3-8H2,1-2H3. The Morgan fingerprint density at radius 3 is 2.69 bits per heavy atom. The third-order valence-corrected chi connectivity index (χ3v) is 2.37. The third-order valence-electron chi connectivity index (χ3n) is 2.37. The van der Waals surface area contributed by atoms with Gasteiger partial charge in [0.2, 0.25) is 0 Å². The fourth-order valence-electron chi connectivity index (χ4n) is 1.54. The zero-order valence-electron chi connectivity index (χ0n) is 8.58. The van der Waals surface area contributed by atoms with Gasteiger partial charge in [0, 0.05) is 33.9 Å². The van der Waals surface area contributed by atoms with Crippen LogP contribution in [0.15, 0.2) is 0 Å². The lowest BCUT2D eigenvalue weighted by Gasteiger charge is -2.23. The molecule has 13 heavy (non-hydrogen) atoms. The van der Waals surface area contributed by atoms with Gasteiger partial charge in [-0.3, -0.25) is 4.90 Å². The molecule has 1 rings (SSSR count). The maximum Gasteiger partial charge on any atom is 0.169 e. The maximum atomic E-state index is 5.16. The first-order valence-electron chi connectivity index (χ1n) is 4.85. The van der Waals surface area contributed by atoms with Crippen molar-refractivity contribution < 1.29 is 9.47 Å². The topological polar surface area (TPSA) is 33.7 Å². The van der Waals surface area contributed by atoms with Crippen molar-refractivity contribution >= 4 is 0 Å². The van der Waals surface area contributed by atoms with Crippen LogP contribution in [0.5, 0.6) is 0 Å². The van der Waals surface area contributed by atoms with Gasteiger partial charge < -0.3 is 14.8 Å². The average Bonchev–Trinajstić information content (AvgIpc) is 2.42. The molecule has 0 radical (unpaired) electrons. The lowest BCUT2D eigenvalue weighted by atomic mass is 10.4. The van der Waals surface area contributed by atoms with E-state index >= 15 is 0 Å². The van der Waals surface area contributed by atoms with E-state index in [2.05, 4.69) is 10.2 Å². The van der Waals surface area contributed by atoms with Gasteiger partial charge in [-0.1, -0.05) is 0 Å². The van der Waals surface area contributed by atoms with Crippen LogP contribution in [0, 0.1) is 0 Å². The molecule has 0 saturated carbocycles. The van der Waals surface area contributed by atoms with E-state index in [4.69, 9.17) is 9.47 Å². The number of hydrogen-bond donors (Lipinski definition) is 1. The monoisotopic (exact) mass is 188 g/mol. The molecule has 0 aliphatic carbocycles. The van der Waals surface area contributed by atoms with Crippen LogP contribution in [0.2, 0.25) is 0 Å². The molecule has 4 nitrogen and oxygen atoms in total. The van der Waals surface area contributed by atoms with Crippen molar-refractivity contribution in [1.29, 1.82) is 0 Å². The number of rotatable bonds is 4. The summed E-state index contributed by atoms with van der Waals surface area (Å²) in [6, 6.07) is 0. The molecule has 1 aliphatic rings. The van der Waals surface area contributed by atoms with Gasteiger partial charge in [0.25, 0.3) is 0 Å². The van der Waals surface area contributed by atoms with Crippen LogP contribution >= 0.6 is 0 Å². The van der Waals surface area contributed by atoms with Crippen LogP contribution in [0.25, 0.3) is 0 Å². The van der Waals surface area contributed by atoms with Gasteiger partial charge in [0.1, 0.15) is 0 Å². The average molecular weight is 188 g/mol. The summed E-state index contributed by atoms with van der Waals surface area (Å²) in [6.45, 7) is 5.29. The molecule has 1 aliphatic heterocycles. The first-order chi connectivity index (χ1) is 6.36. The summed E-state index contributed by atoms with van der Waals surface area (Å²) in [5, 5.41) is 3.36. The van der Waals surface area contributed by atoms with Gasteiger partial charge in [-0.2, -0.15) is 0 Å². The van der Waals surface area contributed by atoms with Crippen molar-refractivity contribution in [3.05, 3.63) is 0 Å². The summed E-state index contributed by atoms with van der Waals surface area (Å²) >= 11 is 0. The van der Waals surface area contributed by atoms with E-state index in [-0.39, 0.29) is 6.29 Å². The van der Waals surface area contributed by atoms with Crippen molar-refractivity contribution in [2.75, 3.05) is 46.9 Å². The molecule has 0 aromatic rings. The number of ether oxygens (including phenoxy) is 2. The second-order valence-electron chi connectivity index (χ2n) is 3.31. The number of nitrogens with zero attached hydrogens (tertiary/aromatic N) is 1. The molecule has 0 bridgehead atoms. The highest BCUT2D eigenvalue weighted by atomic mass is 16.7. The molecule has 0 spiro atoms. The lowest BCUT2D eigenvalue weighted by Crippen LogP contribution is -2.36. The summed E-state index contributed by atoms with van der Waals surface area (Å²) in [5.41, 5.74) is 0. The van der Waals surface area contributed by atoms with Crippen LogP contribution in [-0.4, -0.2) is 58.1 Å². The lowest BCUT2D eigenvalue weighted by molar-refractivity contribution is -0.115. The number of hydrogen-bond acceptors (Lipinski definition) is 4. The van der Waals surface area contributed by atoms with Crippen LogP contribution in [0.3, 0.4) is 0 Å². The van der Waals surface area contributed by atoms with Gasteiger partial charge in [-0.25, -0.2) is 0 Å². The summed E-state index contributed by atoms with van der Waals surface area (Å²) in [5.74, 6) is 0. The molecule has 1 N–H and O–H groups in total. The van der Waals surface area contributed by atoms with Gasteiger partial charge in [0.15, 0.2) is 6.29 Å². The van der Waals surface area contributed by atoms with E-state index in [0.29, 0.717) is 0 Å². The molecule has 0 atom stereocenters. The Balaban J connectivity index is 2.24. The van der Waals surface area contributed by atoms with Gasteiger partial charge in [0.05, 0.1) is 0 Å². The predicted octanol–water partition coefficient (Wildman–Crippen LogP) is -0.0994. The number of nitrogens with one attached hydrogen (secondary N) is 1. The van der Waals surface area contributed by atoms with Crippen molar-refractivity contribution in [3.63, 3.8) is 0 Å². The van der Waals surface area contributed by atoms with Crippen molar-refractivity contribution in [1.82, 2.24) is 10.2 Å². The highest BCUT2D eigenvalue weighted by Crippen LogP contribution is 2.00. The highest BCUT2D eigenvalue weighted by Gasteiger charge is 2.13. The Hall–Kier alpha value is -0.160. The summed E-state index contributed by atoms with van der Waals surface area (Å²) in [6.07, 6.45) is 1.12. The second-order valence-corrected chi connectivity index (χ2v) is 3.31. The molecular formula is C9H20N2O2. The quantitative estimate of drug-likeness (QED) is 0.625. The minimum Gasteiger partial charge on any atom is -0.355 e. The minimum absolute atomic E-state index is 0.0851. The molecule has 0 aromatic heterocycles. The van der Waals surface area contributed by atoms with E-state index in [9.17, 15) is 0 Å². The van der Waals surface area contributed by atoms with Crippen LogP contribution in [0.1, 0.15) is 6.42 Å². The highest BCUT2D eigenvalue weighted by molar-refractivity contribution is 4.66. The third kappa shape index (κ3) is 4.04. The van der Waals surface area contributed by atoms with Crippen LogP contribution < -0.4 is 5.32 Å². The first kappa shape index (κ1) is 10.9. The molecule has 0 unspecified atom stereocenters. The number of methoxy groups -OCH3 is 2. The van der Waals surface area contributed by atoms with E-state index < -0.39 is 0 Å². The van der Waals surface area contributed by atoms with Crippen molar-refractivity contribution in [2.24, 2.45) is 0 Å². The normalized spacial score (nSPS) is 20.5. The second kappa shape index (κ2) is 6.32. The fraction of sp³-hybridized carbons (Fsp3) is 1.00. The molecule has 0 aromatic carbocycles. The molecular weight excluding hydrogens is 168 g/mol. The molecule has 1 fully saturated rings. The van der Waals surface area contributed by atoms with Crippen molar-refractivity contribution in [3.8, 4) is 0 Å². The zero-order chi connectivity index (χ0) is 9.52. The zero-order valence-corrected chi connectivity index (χ0v) is 8.58. The molecule has 0 amide bonds. The summed E-state index contributed by atoms with van der Waals surface area (Å²) in [7, 11) is 3.37. The Bertz CT molecular complexity index is 121. The Labute approximate surface area is 80.2 Å². The van der Waals surface area contributed by atoms with Gasteiger partial charge in [-0.05, 0) is 19.5 Å². The predicted molar refractivity (Wildman–Crippen MR) is 51.7 cm³/mol. The largest absolute Gasteiger partial charge is 0.355 e. The first-order valence-corrected chi connectivity index (χ1v) is 4.85. The Morgan fingerprint density at radius 1 is 1.23 bits per heavy atom. The smallest absolute Gasteiger partial charge is 0.169 e. The molecule has 4 heteroatoms. The van der Waals surface area contributed by atoms with Crippen LogP contribution in [0.4, 0.5) is 0 Å². The van der Waals surface area contributed by atoms with E-state index in [1.807, 2.05) is 0 Å².